The van der Waals surface area contributed by atoms with Gasteiger partial charge in [0.25, 0.3) is 0 Å². The first kappa shape index (κ1) is 24.6. The molecule has 1 aliphatic rings. The average Bonchev–Trinajstić information content (AvgIpc) is 2.88. The number of fused-ring (bicyclic) bond motifs is 1. The molecule has 0 aliphatic carbocycles. The lowest BCUT2D eigenvalue weighted by Crippen LogP contribution is -2.40. The van der Waals surface area contributed by atoms with Gasteiger partial charge in [-0.1, -0.05) is 84.9 Å². The van der Waals surface area contributed by atoms with Crippen LogP contribution in [-0.2, 0) is 4.79 Å². The first-order chi connectivity index (χ1) is 17.2. The van der Waals surface area contributed by atoms with Gasteiger partial charge in [0, 0.05) is 5.56 Å². The summed E-state index contributed by atoms with van der Waals surface area (Å²) in [5.74, 6) is -1.33. The molecule has 0 amide bonds. The maximum absolute atomic E-state index is 13.0. The third kappa shape index (κ3) is 5.75. The number of benzene rings is 4. The third-order valence-corrected chi connectivity index (χ3v) is 5.46. The molecule has 0 aromatic heterocycles. The Bertz CT molecular complexity index is 1380. The van der Waals surface area contributed by atoms with Crippen molar-refractivity contribution in [3.05, 3.63) is 114 Å². The lowest BCUT2D eigenvalue weighted by atomic mass is 9.98. The summed E-state index contributed by atoms with van der Waals surface area (Å²) in [7, 11) is 0. The Hall–Kier alpha value is -4.52. The lowest BCUT2D eigenvalue weighted by molar-refractivity contribution is -0.187. The minimum absolute atomic E-state index is 0.0127. The number of rotatable bonds is 3. The molecule has 5 rings (SSSR count). The van der Waals surface area contributed by atoms with Crippen LogP contribution in [0.15, 0.2) is 109 Å². The van der Waals surface area contributed by atoms with Crippen LogP contribution < -0.4 is 4.74 Å². The van der Waals surface area contributed by atoms with Crippen LogP contribution in [0.3, 0.4) is 0 Å². The van der Waals surface area contributed by atoms with E-state index in [0.717, 1.165) is 22.8 Å². The minimum atomic E-state index is -4.80. The molecule has 0 saturated heterocycles. The number of hydrogen-bond acceptors (Lipinski definition) is 3. The van der Waals surface area contributed by atoms with Gasteiger partial charge < -0.3 is 14.9 Å². The van der Waals surface area contributed by atoms with Crippen LogP contribution in [-0.4, -0.2) is 28.5 Å². The van der Waals surface area contributed by atoms with Gasteiger partial charge in [-0.2, -0.15) is 13.2 Å². The molecule has 0 radical (unpaired) electrons. The van der Waals surface area contributed by atoms with E-state index in [4.69, 9.17) is 9.84 Å². The number of ether oxygens (including phenoxy) is 1. The largest absolute Gasteiger partial charge is 0.508 e. The average molecular weight is 490 g/mol. The number of aliphatic carboxylic acids is 1. The summed E-state index contributed by atoms with van der Waals surface area (Å²) in [6, 6.07) is 31.1. The smallest absolute Gasteiger partial charge is 0.430 e. The van der Waals surface area contributed by atoms with E-state index in [0.29, 0.717) is 16.9 Å². The van der Waals surface area contributed by atoms with E-state index in [1.165, 1.54) is 6.07 Å². The number of aromatic hydroxyl groups is 1. The van der Waals surface area contributed by atoms with Crippen molar-refractivity contribution in [2.75, 3.05) is 0 Å². The van der Waals surface area contributed by atoms with Crippen LogP contribution in [0.5, 0.6) is 11.5 Å². The molecule has 0 fully saturated rings. The zero-order chi connectivity index (χ0) is 25.7. The van der Waals surface area contributed by atoms with Crippen LogP contribution >= 0.6 is 0 Å². The van der Waals surface area contributed by atoms with Crippen LogP contribution in [0.4, 0.5) is 13.2 Å². The molecule has 0 saturated carbocycles. The number of phenolic OH excluding ortho intramolecular Hbond substituents is 1. The topological polar surface area (TPSA) is 66.8 Å². The van der Waals surface area contributed by atoms with E-state index in [1.807, 2.05) is 72.8 Å². The molecule has 1 unspecified atom stereocenters. The fourth-order valence-electron chi connectivity index (χ4n) is 3.73. The summed E-state index contributed by atoms with van der Waals surface area (Å²) < 4.78 is 44.1. The summed E-state index contributed by atoms with van der Waals surface area (Å²) in [6.07, 6.45) is -6.27. The van der Waals surface area contributed by atoms with E-state index in [-0.39, 0.29) is 5.75 Å². The first-order valence-electron chi connectivity index (χ1n) is 10.9. The quantitative estimate of drug-likeness (QED) is 0.319. The zero-order valence-corrected chi connectivity index (χ0v) is 18.8. The number of phenols is 1. The Morgan fingerprint density at radius 3 is 1.81 bits per heavy atom. The van der Waals surface area contributed by atoms with Gasteiger partial charge in [0.05, 0.1) is 5.57 Å². The van der Waals surface area contributed by atoms with Crippen molar-refractivity contribution in [1.82, 2.24) is 0 Å². The second-order valence-corrected chi connectivity index (χ2v) is 7.98. The fraction of sp³-hybridized carbons (Fsp3) is 0.0690. The molecule has 1 heterocycles. The summed E-state index contributed by atoms with van der Waals surface area (Å²) >= 11 is 0. The maximum atomic E-state index is 13.0. The SMILES string of the molecule is O=C(O)C1=Cc2ccc(-c3ccccc3)cc2OC1C(F)(F)F.Oc1cccc(-c2ccccc2)c1. The predicted molar refractivity (Wildman–Crippen MR) is 132 cm³/mol. The number of carboxylic acid groups (broad SMARTS) is 1. The number of halogens is 3. The van der Waals surface area contributed by atoms with Crippen LogP contribution in [0.2, 0.25) is 0 Å². The lowest BCUT2D eigenvalue weighted by Gasteiger charge is -2.27. The molecule has 7 heteroatoms. The van der Waals surface area contributed by atoms with Gasteiger partial charge in [0.1, 0.15) is 11.5 Å². The van der Waals surface area contributed by atoms with E-state index in [2.05, 4.69) is 0 Å². The van der Waals surface area contributed by atoms with Gasteiger partial charge in [0.2, 0.25) is 6.10 Å². The van der Waals surface area contributed by atoms with Crippen LogP contribution in [0.1, 0.15) is 5.56 Å². The molecule has 4 aromatic carbocycles. The molecule has 4 aromatic rings. The Labute approximate surface area is 205 Å². The van der Waals surface area contributed by atoms with Gasteiger partial charge >= 0.3 is 12.1 Å². The Kier molecular flexibility index (Phi) is 7.10. The number of hydrogen-bond donors (Lipinski definition) is 2. The number of carboxylic acids is 1. The van der Waals surface area contributed by atoms with Gasteiger partial charge in [-0.3, -0.25) is 0 Å². The van der Waals surface area contributed by atoms with E-state index in [9.17, 15) is 23.1 Å². The summed E-state index contributed by atoms with van der Waals surface area (Å²) in [6.45, 7) is 0. The molecule has 0 bridgehead atoms. The van der Waals surface area contributed by atoms with Crippen molar-refractivity contribution in [1.29, 1.82) is 0 Å². The summed E-state index contributed by atoms with van der Waals surface area (Å²) in [5, 5.41) is 18.3. The van der Waals surface area contributed by atoms with Crippen molar-refractivity contribution in [3.8, 4) is 33.8 Å². The van der Waals surface area contributed by atoms with E-state index >= 15 is 0 Å². The van der Waals surface area contributed by atoms with Gasteiger partial charge in [-0.05, 0) is 46.5 Å². The molecule has 1 atom stereocenters. The Morgan fingerprint density at radius 1 is 0.722 bits per heavy atom. The molecule has 4 nitrogen and oxygen atoms in total. The van der Waals surface area contributed by atoms with Crippen molar-refractivity contribution in [2.24, 2.45) is 0 Å². The van der Waals surface area contributed by atoms with Crippen molar-refractivity contribution >= 4 is 12.0 Å². The van der Waals surface area contributed by atoms with Crippen molar-refractivity contribution < 1.29 is 32.9 Å². The normalized spacial score (nSPS) is 14.4. The predicted octanol–water partition coefficient (Wildman–Crippen LogP) is 7.20. The fourth-order valence-corrected chi connectivity index (χ4v) is 3.73. The zero-order valence-electron chi connectivity index (χ0n) is 18.8. The number of alkyl halides is 3. The molecule has 36 heavy (non-hydrogen) atoms. The van der Waals surface area contributed by atoms with E-state index < -0.39 is 23.8 Å². The molecular weight excluding hydrogens is 469 g/mol. The molecule has 1 aliphatic heterocycles. The van der Waals surface area contributed by atoms with Crippen LogP contribution in [0.25, 0.3) is 28.3 Å². The van der Waals surface area contributed by atoms with E-state index in [1.54, 1.807) is 24.3 Å². The second kappa shape index (κ2) is 10.4. The maximum Gasteiger partial charge on any atom is 0.430 e. The standard InChI is InChI=1S/C17H11F3O3.C12H10O/c18-17(19,20)15-13(16(21)22)8-12-7-6-11(9-14(12)23-15)10-4-2-1-3-5-10;13-12-8-4-7-11(9-12)10-5-2-1-3-6-10/h1-9,15H,(H,21,22);1-9,13H. The summed E-state index contributed by atoms with van der Waals surface area (Å²) in [5.41, 5.74) is 3.17. The Morgan fingerprint density at radius 2 is 1.28 bits per heavy atom. The third-order valence-electron chi connectivity index (χ3n) is 5.46. The van der Waals surface area contributed by atoms with Gasteiger partial charge in [-0.15, -0.1) is 0 Å². The van der Waals surface area contributed by atoms with Crippen molar-refractivity contribution in [2.45, 2.75) is 12.3 Å². The molecule has 0 spiro atoms. The minimum Gasteiger partial charge on any atom is -0.508 e. The highest BCUT2D eigenvalue weighted by molar-refractivity contribution is 5.95. The second-order valence-electron chi connectivity index (χ2n) is 7.98. The Balaban J connectivity index is 0.000000197. The molecular formula is C29H21F3O4. The van der Waals surface area contributed by atoms with Crippen molar-refractivity contribution in [3.63, 3.8) is 0 Å². The molecule has 182 valence electrons. The molecule has 2 N–H and O–H groups in total. The first-order valence-corrected chi connectivity index (χ1v) is 10.9. The highest BCUT2D eigenvalue weighted by Gasteiger charge is 2.48. The number of carbonyl (C=O) groups is 1. The van der Waals surface area contributed by atoms with Gasteiger partial charge in [0.15, 0.2) is 0 Å². The van der Waals surface area contributed by atoms with Crippen LogP contribution in [0, 0.1) is 0 Å². The monoisotopic (exact) mass is 490 g/mol. The van der Waals surface area contributed by atoms with Gasteiger partial charge in [-0.25, -0.2) is 4.79 Å². The highest BCUT2D eigenvalue weighted by atomic mass is 19.4. The summed E-state index contributed by atoms with van der Waals surface area (Å²) in [4.78, 5) is 11.1. The highest BCUT2D eigenvalue weighted by Crippen LogP contribution is 2.39.